The number of nitrogens with zero attached hydrogens (tertiary/aromatic N) is 3. The highest BCUT2D eigenvalue weighted by Crippen LogP contribution is 2.41. The highest BCUT2D eigenvalue weighted by Gasteiger charge is 2.31. The van der Waals surface area contributed by atoms with Crippen LogP contribution in [0.15, 0.2) is 43.1 Å². The summed E-state index contributed by atoms with van der Waals surface area (Å²) < 4.78 is 8.15. The molecular formula is C28H32ClN3O3. The lowest BCUT2D eigenvalue weighted by Gasteiger charge is -2.38. The van der Waals surface area contributed by atoms with Gasteiger partial charge in [0.1, 0.15) is 0 Å². The average Bonchev–Trinajstić information content (AvgIpc) is 3.05. The van der Waals surface area contributed by atoms with Crippen LogP contribution in [0.3, 0.4) is 0 Å². The summed E-state index contributed by atoms with van der Waals surface area (Å²) in [4.78, 5) is 31.1. The minimum atomic E-state index is -0.0787. The van der Waals surface area contributed by atoms with Crippen LogP contribution in [0.2, 0.25) is 5.02 Å². The van der Waals surface area contributed by atoms with E-state index < -0.39 is 0 Å². The number of carbonyl (C=O) groups is 2. The Morgan fingerprint density at radius 3 is 2.71 bits per heavy atom. The molecule has 0 radical (unpaired) electrons. The highest BCUT2D eigenvalue weighted by atomic mass is 35.5. The number of halogens is 1. The number of amides is 1. The molecule has 0 aliphatic carbocycles. The third-order valence-electron chi connectivity index (χ3n) is 6.46. The van der Waals surface area contributed by atoms with Crippen LogP contribution in [-0.4, -0.2) is 45.8 Å². The van der Waals surface area contributed by atoms with E-state index in [4.69, 9.17) is 16.3 Å². The van der Waals surface area contributed by atoms with Crippen LogP contribution in [0, 0.1) is 25.7 Å². The van der Waals surface area contributed by atoms with Crippen LogP contribution in [0.1, 0.15) is 31.5 Å². The van der Waals surface area contributed by atoms with Gasteiger partial charge in [-0.25, -0.2) is 4.98 Å². The second-order valence-electron chi connectivity index (χ2n) is 9.78. The summed E-state index contributed by atoms with van der Waals surface area (Å²) in [6.45, 7) is 13.8. The van der Waals surface area contributed by atoms with Crippen molar-refractivity contribution in [1.82, 2.24) is 14.5 Å². The van der Waals surface area contributed by atoms with Crippen molar-refractivity contribution in [1.29, 1.82) is 0 Å². The van der Waals surface area contributed by atoms with E-state index in [0.29, 0.717) is 42.9 Å². The molecule has 35 heavy (non-hydrogen) atoms. The molecule has 1 fully saturated rings. The lowest BCUT2D eigenvalue weighted by atomic mass is 9.94. The van der Waals surface area contributed by atoms with Crippen molar-refractivity contribution < 1.29 is 14.3 Å². The minimum absolute atomic E-state index is 0.0787. The van der Waals surface area contributed by atoms with Crippen molar-refractivity contribution >= 4 is 34.2 Å². The lowest BCUT2D eigenvalue weighted by Crippen LogP contribution is -2.50. The number of aryl methyl sites for hydroxylation is 1. The number of Topliss-reactive ketones (excluding diaryl/α,β-unsaturated/α-hetero) is 1. The SMILES string of the molecule is C=CC(=O)N1CC(CC(=O)Cn2c(C)c(-c3cccnc3OCC(C)C)c3cc(Cl)cc(C)c32)C1. The van der Waals surface area contributed by atoms with Crippen LogP contribution in [0.5, 0.6) is 5.88 Å². The van der Waals surface area contributed by atoms with Crippen LogP contribution < -0.4 is 4.74 Å². The van der Waals surface area contributed by atoms with E-state index in [1.165, 1.54) is 6.08 Å². The standard InChI is InChI=1S/C28H32ClN3O3/c1-6-25(34)31-13-20(14-31)11-22(33)15-32-19(5)26(24-12-21(29)10-18(4)27(24)32)23-8-7-9-30-28(23)35-16-17(2)3/h6-10,12,17,20H,1,11,13-16H2,2-5H3. The fraction of sp³-hybridized carbons (Fsp3) is 0.393. The van der Waals surface area contributed by atoms with Crippen molar-refractivity contribution in [2.75, 3.05) is 19.7 Å². The number of rotatable bonds is 9. The number of aromatic nitrogens is 2. The number of fused-ring (bicyclic) bond motifs is 1. The van der Waals surface area contributed by atoms with Crippen LogP contribution in [-0.2, 0) is 16.1 Å². The Morgan fingerprint density at radius 1 is 1.29 bits per heavy atom. The summed E-state index contributed by atoms with van der Waals surface area (Å²) in [5.41, 5.74) is 4.84. The first-order valence-corrected chi connectivity index (χ1v) is 12.4. The molecule has 1 aromatic carbocycles. The van der Waals surface area contributed by atoms with Crippen molar-refractivity contribution in [3.8, 4) is 17.0 Å². The minimum Gasteiger partial charge on any atom is -0.477 e. The molecule has 0 unspecified atom stereocenters. The van der Waals surface area contributed by atoms with E-state index >= 15 is 0 Å². The number of likely N-dealkylation sites (tertiary alicyclic amines) is 1. The summed E-state index contributed by atoms with van der Waals surface area (Å²) >= 11 is 6.48. The Labute approximate surface area is 211 Å². The molecule has 0 saturated carbocycles. The molecule has 6 nitrogen and oxygen atoms in total. The summed E-state index contributed by atoms with van der Waals surface area (Å²) in [5.74, 6) is 1.20. The Bertz CT molecular complexity index is 1290. The Hall–Kier alpha value is -3.12. The molecule has 0 bridgehead atoms. The summed E-state index contributed by atoms with van der Waals surface area (Å²) in [7, 11) is 0. The van der Waals surface area contributed by atoms with Gasteiger partial charge in [0.15, 0.2) is 5.78 Å². The number of benzene rings is 1. The van der Waals surface area contributed by atoms with Gasteiger partial charge in [-0.2, -0.15) is 0 Å². The second-order valence-corrected chi connectivity index (χ2v) is 10.2. The normalized spacial score (nSPS) is 13.8. The molecule has 0 spiro atoms. The first-order valence-electron chi connectivity index (χ1n) is 12.0. The van der Waals surface area contributed by atoms with Gasteiger partial charge in [-0.15, -0.1) is 0 Å². The number of hydrogen-bond acceptors (Lipinski definition) is 4. The molecule has 3 aromatic rings. The molecule has 184 valence electrons. The van der Waals surface area contributed by atoms with Gasteiger partial charge < -0.3 is 14.2 Å². The second kappa shape index (κ2) is 10.2. The molecule has 0 N–H and O–H groups in total. The van der Waals surface area contributed by atoms with Crippen LogP contribution in [0.4, 0.5) is 0 Å². The Kier molecular flexibility index (Phi) is 7.31. The Balaban J connectivity index is 1.69. The van der Waals surface area contributed by atoms with E-state index in [1.807, 2.05) is 38.1 Å². The number of hydrogen-bond donors (Lipinski definition) is 0. The van der Waals surface area contributed by atoms with Crippen molar-refractivity contribution in [2.45, 2.75) is 40.7 Å². The van der Waals surface area contributed by atoms with E-state index in [0.717, 1.165) is 33.3 Å². The van der Waals surface area contributed by atoms with Gasteiger partial charge in [0.05, 0.1) is 18.7 Å². The van der Waals surface area contributed by atoms with Gasteiger partial charge in [-0.1, -0.05) is 32.0 Å². The Morgan fingerprint density at radius 2 is 2.03 bits per heavy atom. The first kappa shape index (κ1) is 25.0. The van der Waals surface area contributed by atoms with Gasteiger partial charge >= 0.3 is 0 Å². The smallest absolute Gasteiger partial charge is 0.245 e. The molecule has 1 aliphatic heterocycles. The average molecular weight is 494 g/mol. The lowest BCUT2D eigenvalue weighted by molar-refractivity contribution is -0.134. The number of pyridine rings is 1. The molecule has 4 rings (SSSR count). The summed E-state index contributed by atoms with van der Waals surface area (Å²) in [6, 6.07) is 7.79. The maximum atomic E-state index is 13.1. The maximum Gasteiger partial charge on any atom is 0.245 e. The molecule has 0 atom stereocenters. The molecule has 2 aromatic heterocycles. The predicted molar refractivity (Wildman–Crippen MR) is 140 cm³/mol. The number of carbonyl (C=O) groups excluding carboxylic acids is 2. The van der Waals surface area contributed by atoms with E-state index in [-0.39, 0.29) is 24.2 Å². The molecule has 3 heterocycles. The topological polar surface area (TPSA) is 64.4 Å². The van der Waals surface area contributed by atoms with Gasteiger partial charge in [-0.3, -0.25) is 9.59 Å². The summed E-state index contributed by atoms with van der Waals surface area (Å²) in [6.07, 6.45) is 3.49. The first-order chi connectivity index (χ1) is 16.7. The fourth-order valence-electron chi connectivity index (χ4n) is 4.83. The van der Waals surface area contributed by atoms with Gasteiger partial charge in [0, 0.05) is 58.9 Å². The van der Waals surface area contributed by atoms with E-state index in [2.05, 4.69) is 30.0 Å². The zero-order valence-corrected chi connectivity index (χ0v) is 21.6. The highest BCUT2D eigenvalue weighted by molar-refractivity contribution is 6.31. The van der Waals surface area contributed by atoms with E-state index in [1.54, 1.807) is 11.1 Å². The van der Waals surface area contributed by atoms with Crippen molar-refractivity contribution in [2.24, 2.45) is 11.8 Å². The zero-order valence-electron chi connectivity index (χ0n) is 20.8. The quantitative estimate of drug-likeness (QED) is 0.363. The summed E-state index contributed by atoms with van der Waals surface area (Å²) in [5, 5.41) is 1.63. The molecule has 7 heteroatoms. The third kappa shape index (κ3) is 5.13. The molecule has 1 amide bonds. The van der Waals surface area contributed by atoms with Crippen LogP contribution >= 0.6 is 11.6 Å². The molecule has 1 aliphatic rings. The van der Waals surface area contributed by atoms with Crippen molar-refractivity contribution in [3.63, 3.8) is 0 Å². The number of ether oxygens (including phenoxy) is 1. The van der Waals surface area contributed by atoms with Gasteiger partial charge in [0.2, 0.25) is 11.8 Å². The molecule has 1 saturated heterocycles. The number of ketones is 1. The fourth-order valence-corrected chi connectivity index (χ4v) is 5.10. The predicted octanol–water partition coefficient (Wildman–Crippen LogP) is 5.61. The zero-order chi connectivity index (χ0) is 25.3. The third-order valence-corrected chi connectivity index (χ3v) is 6.68. The van der Waals surface area contributed by atoms with Gasteiger partial charge in [-0.05, 0) is 55.7 Å². The van der Waals surface area contributed by atoms with Crippen molar-refractivity contribution in [3.05, 3.63) is 59.4 Å². The maximum absolute atomic E-state index is 13.1. The van der Waals surface area contributed by atoms with Gasteiger partial charge in [0.25, 0.3) is 0 Å². The monoisotopic (exact) mass is 493 g/mol. The molecular weight excluding hydrogens is 462 g/mol. The largest absolute Gasteiger partial charge is 0.477 e. The van der Waals surface area contributed by atoms with Crippen LogP contribution in [0.25, 0.3) is 22.0 Å². The van der Waals surface area contributed by atoms with E-state index in [9.17, 15) is 9.59 Å².